The highest BCUT2D eigenvalue weighted by atomic mass is 16.2. The lowest BCUT2D eigenvalue weighted by Crippen LogP contribution is -2.29. The number of Topliss-reactive ketones (excluding diaryl/α,β-unsaturated/α-hetero) is 1. The topological polar surface area (TPSA) is 49.4 Å². The number of hydrogen-bond acceptors (Lipinski definition) is 3. The number of carbonyl (C=O) groups excluding carboxylic acids is 2. The van der Waals surface area contributed by atoms with Gasteiger partial charge in [-0.15, -0.1) is 0 Å². The first-order valence-electron chi connectivity index (χ1n) is 10.4. The van der Waals surface area contributed by atoms with Gasteiger partial charge in [-0.3, -0.25) is 14.5 Å². The van der Waals surface area contributed by atoms with Crippen molar-refractivity contribution in [3.8, 4) is 0 Å². The molecule has 2 aromatic rings. The molecule has 1 N–H and O–H groups in total. The highest BCUT2D eigenvalue weighted by Gasteiger charge is 2.41. The van der Waals surface area contributed by atoms with Crippen LogP contribution in [0.4, 0.5) is 5.69 Å². The van der Waals surface area contributed by atoms with Crippen LogP contribution in [0.1, 0.15) is 34.3 Å². The maximum atomic E-state index is 12.8. The summed E-state index contributed by atoms with van der Waals surface area (Å²) in [5.74, 6) is 2.45. The summed E-state index contributed by atoms with van der Waals surface area (Å²) in [5, 5.41) is 2.82. The summed E-state index contributed by atoms with van der Waals surface area (Å²) in [4.78, 5) is 26.6. The van der Waals surface area contributed by atoms with Crippen molar-refractivity contribution in [2.24, 2.45) is 17.8 Å². The number of anilines is 1. The molecule has 3 atom stereocenters. The average Bonchev–Trinajstić information content (AvgIpc) is 3.33. The van der Waals surface area contributed by atoms with E-state index >= 15 is 0 Å². The van der Waals surface area contributed by atoms with Crippen LogP contribution in [0.3, 0.4) is 0 Å². The van der Waals surface area contributed by atoms with Crippen molar-refractivity contribution in [2.45, 2.75) is 25.7 Å². The Labute approximate surface area is 165 Å². The molecule has 5 rings (SSSR count). The molecule has 0 spiro atoms. The van der Waals surface area contributed by atoms with Crippen LogP contribution >= 0.6 is 0 Å². The number of amides is 1. The molecule has 0 radical (unpaired) electrons. The van der Waals surface area contributed by atoms with E-state index in [9.17, 15) is 9.59 Å². The standard InChI is InChI=1S/C24H26N2O2/c27-23(18-6-7-22-19(11-18)12-24(28)25-22)15-26-13-20-9-17(10-21(20)14-26)8-16-4-2-1-3-5-16/h1-7,11,17,20-21H,8-10,12-15H2,(H,25,28)/t17-,20+,21-. The van der Waals surface area contributed by atoms with E-state index in [0.29, 0.717) is 13.0 Å². The van der Waals surface area contributed by atoms with E-state index < -0.39 is 0 Å². The second kappa shape index (κ2) is 7.17. The number of fused-ring (bicyclic) bond motifs is 2. The second-order valence-corrected chi connectivity index (χ2v) is 8.76. The van der Waals surface area contributed by atoms with Gasteiger partial charge in [0.05, 0.1) is 13.0 Å². The third-order valence-electron chi connectivity index (χ3n) is 6.71. The van der Waals surface area contributed by atoms with Crippen LogP contribution in [0.2, 0.25) is 0 Å². The molecule has 0 aromatic heterocycles. The predicted molar refractivity (Wildman–Crippen MR) is 109 cm³/mol. The Hall–Kier alpha value is -2.46. The summed E-state index contributed by atoms with van der Waals surface area (Å²) in [6.45, 7) is 2.59. The number of benzene rings is 2. The fourth-order valence-electron chi connectivity index (χ4n) is 5.46. The summed E-state index contributed by atoms with van der Waals surface area (Å²) in [7, 11) is 0. The lowest BCUT2D eigenvalue weighted by Gasteiger charge is -2.18. The lowest BCUT2D eigenvalue weighted by molar-refractivity contribution is -0.115. The fourth-order valence-corrected chi connectivity index (χ4v) is 5.46. The number of carbonyl (C=O) groups is 2. The first-order chi connectivity index (χ1) is 13.6. The SMILES string of the molecule is O=C1Cc2cc(C(=O)CN3C[C@H]4C[C@H](Cc5ccccc5)C[C@H]4C3)ccc2N1. The molecule has 2 heterocycles. The van der Waals surface area contributed by atoms with Crippen molar-refractivity contribution in [3.05, 3.63) is 65.2 Å². The van der Waals surface area contributed by atoms with E-state index in [0.717, 1.165) is 47.7 Å². The fraction of sp³-hybridized carbons (Fsp3) is 0.417. The number of rotatable bonds is 5. The minimum atomic E-state index is 0.0111. The first-order valence-corrected chi connectivity index (χ1v) is 10.4. The Morgan fingerprint density at radius 2 is 1.79 bits per heavy atom. The average molecular weight is 374 g/mol. The molecule has 144 valence electrons. The molecule has 2 fully saturated rings. The maximum Gasteiger partial charge on any atom is 0.228 e. The van der Waals surface area contributed by atoms with Crippen LogP contribution in [-0.2, 0) is 17.6 Å². The van der Waals surface area contributed by atoms with Gasteiger partial charge in [0, 0.05) is 24.3 Å². The number of ketones is 1. The number of nitrogens with one attached hydrogen (secondary N) is 1. The Morgan fingerprint density at radius 1 is 1.04 bits per heavy atom. The van der Waals surface area contributed by atoms with Gasteiger partial charge in [0.25, 0.3) is 0 Å². The van der Waals surface area contributed by atoms with E-state index in [1.165, 1.54) is 24.8 Å². The molecular weight excluding hydrogens is 348 g/mol. The highest BCUT2D eigenvalue weighted by molar-refractivity contribution is 6.02. The van der Waals surface area contributed by atoms with Gasteiger partial charge in [-0.05, 0) is 66.3 Å². The monoisotopic (exact) mass is 374 g/mol. The molecule has 1 amide bonds. The van der Waals surface area contributed by atoms with Crippen molar-refractivity contribution >= 4 is 17.4 Å². The van der Waals surface area contributed by atoms with Crippen molar-refractivity contribution in [2.75, 3.05) is 25.0 Å². The van der Waals surface area contributed by atoms with Gasteiger partial charge in [0.1, 0.15) is 0 Å². The quantitative estimate of drug-likeness (QED) is 0.814. The molecule has 4 nitrogen and oxygen atoms in total. The summed E-state index contributed by atoms with van der Waals surface area (Å²) < 4.78 is 0. The van der Waals surface area contributed by atoms with E-state index in [1.54, 1.807) is 0 Å². The van der Waals surface area contributed by atoms with Gasteiger partial charge in [-0.2, -0.15) is 0 Å². The van der Waals surface area contributed by atoms with Crippen LogP contribution in [0.5, 0.6) is 0 Å². The molecule has 2 aromatic carbocycles. The lowest BCUT2D eigenvalue weighted by atomic mass is 9.96. The van der Waals surface area contributed by atoms with Gasteiger partial charge < -0.3 is 5.32 Å². The van der Waals surface area contributed by atoms with Crippen LogP contribution in [-0.4, -0.2) is 36.2 Å². The number of hydrogen-bond donors (Lipinski definition) is 1. The van der Waals surface area contributed by atoms with Gasteiger partial charge in [-0.25, -0.2) is 0 Å². The number of likely N-dealkylation sites (tertiary alicyclic amines) is 1. The zero-order valence-corrected chi connectivity index (χ0v) is 16.1. The molecular formula is C24H26N2O2. The molecule has 1 saturated heterocycles. The Bertz CT molecular complexity index is 894. The zero-order chi connectivity index (χ0) is 19.1. The minimum Gasteiger partial charge on any atom is -0.326 e. The molecule has 28 heavy (non-hydrogen) atoms. The molecule has 4 heteroatoms. The first kappa shape index (κ1) is 17.6. The van der Waals surface area contributed by atoms with Crippen molar-refractivity contribution in [1.82, 2.24) is 4.90 Å². The van der Waals surface area contributed by atoms with E-state index in [2.05, 4.69) is 40.5 Å². The van der Waals surface area contributed by atoms with Crippen LogP contribution < -0.4 is 5.32 Å². The highest BCUT2D eigenvalue weighted by Crippen LogP contribution is 2.42. The minimum absolute atomic E-state index is 0.0111. The van der Waals surface area contributed by atoms with Gasteiger partial charge in [-0.1, -0.05) is 30.3 Å². The largest absolute Gasteiger partial charge is 0.326 e. The molecule has 3 aliphatic rings. The smallest absolute Gasteiger partial charge is 0.228 e. The number of nitrogens with zero attached hydrogens (tertiary/aromatic N) is 1. The Balaban J connectivity index is 1.16. The van der Waals surface area contributed by atoms with E-state index in [1.807, 2.05) is 18.2 Å². The van der Waals surface area contributed by atoms with Crippen LogP contribution in [0.15, 0.2) is 48.5 Å². The summed E-state index contributed by atoms with van der Waals surface area (Å²) >= 11 is 0. The van der Waals surface area contributed by atoms with E-state index in [4.69, 9.17) is 0 Å². The summed E-state index contributed by atoms with van der Waals surface area (Å²) in [6.07, 6.45) is 4.15. The third kappa shape index (κ3) is 3.49. The molecule has 0 bridgehead atoms. The third-order valence-corrected chi connectivity index (χ3v) is 6.71. The van der Waals surface area contributed by atoms with Crippen LogP contribution in [0.25, 0.3) is 0 Å². The normalized spacial score (nSPS) is 26.1. The molecule has 0 unspecified atom stereocenters. The van der Waals surface area contributed by atoms with Gasteiger partial charge in [0.2, 0.25) is 5.91 Å². The molecule has 1 saturated carbocycles. The van der Waals surface area contributed by atoms with E-state index in [-0.39, 0.29) is 11.7 Å². The van der Waals surface area contributed by atoms with Crippen molar-refractivity contribution < 1.29 is 9.59 Å². The van der Waals surface area contributed by atoms with Crippen molar-refractivity contribution in [1.29, 1.82) is 0 Å². The molecule has 1 aliphatic carbocycles. The molecule has 2 aliphatic heterocycles. The van der Waals surface area contributed by atoms with Gasteiger partial charge in [0.15, 0.2) is 5.78 Å². The Kier molecular flexibility index (Phi) is 4.52. The summed E-state index contributed by atoms with van der Waals surface area (Å²) in [6, 6.07) is 16.4. The summed E-state index contributed by atoms with van der Waals surface area (Å²) in [5.41, 5.74) is 3.97. The van der Waals surface area contributed by atoms with Gasteiger partial charge >= 0.3 is 0 Å². The Morgan fingerprint density at radius 3 is 2.54 bits per heavy atom. The predicted octanol–water partition coefficient (Wildman–Crippen LogP) is 3.56. The van der Waals surface area contributed by atoms with Crippen LogP contribution in [0, 0.1) is 17.8 Å². The second-order valence-electron chi connectivity index (χ2n) is 8.76. The maximum absolute atomic E-state index is 12.8. The van der Waals surface area contributed by atoms with Crippen molar-refractivity contribution in [3.63, 3.8) is 0 Å². The zero-order valence-electron chi connectivity index (χ0n) is 16.1.